The van der Waals surface area contributed by atoms with Gasteiger partial charge in [0.15, 0.2) is 12.7 Å². The van der Waals surface area contributed by atoms with Crippen LogP contribution in [0.2, 0.25) is 5.02 Å². The van der Waals surface area contributed by atoms with E-state index in [1.807, 2.05) is 44.0 Å². The number of amides is 2. The van der Waals surface area contributed by atoms with Crippen molar-refractivity contribution in [1.29, 1.82) is 0 Å². The quantitative estimate of drug-likeness (QED) is 0.635. The molecule has 2 N–H and O–H groups in total. The van der Waals surface area contributed by atoms with Gasteiger partial charge in [0.25, 0.3) is 11.8 Å². The number of halogens is 1. The predicted molar refractivity (Wildman–Crippen MR) is 125 cm³/mol. The molecule has 0 saturated carbocycles. The number of carbonyl (C=O) groups excluding carboxylic acids is 2. The number of likely N-dealkylation sites (N-methyl/N-ethyl adjacent to an activating group) is 1. The number of nitrogens with zero attached hydrogens (tertiary/aromatic N) is 1. The Kier molecular flexibility index (Phi) is 7.64. The summed E-state index contributed by atoms with van der Waals surface area (Å²) in [6, 6.07) is 11.1. The van der Waals surface area contributed by atoms with Gasteiger partial charge in [-0.15, -0.1) is 0 Å². The summed E-state index contributed by atoms with van der Waals surface area (Å²) in [5.74, 6) is 0.730. The van der Waals surface area contributed by atoms with Crippen LogP contribution >= 0.6 is 11.6 Å². The number of fused-ring (bicyclic) bond motifs is 1. The molecule has 0 bridgehead atoms. The Hall–Kier alpha value is -3.19. The number of ether oxygens (including phenoxy) is 2. The summed E-state index contributed by atoms with van der Waals surface area (Å²) < 4.78 is 11.3. The monoisotopic (exact) mass is 457 g/mol. The minimum Gasteiger partial charge on any atom is -0.484 e. The summed E-state index contributed by atoms with van der Waals surface area (Å²) in [7, 11) is 1.93. The van der Waals surface area contributed by atoms with Crippen molar-refractivity contribution in [3.8, 4) is 11.5 Å². The lowest BCUT2D eigenvalue weighted by molar-refractivity contribution is -0.127. The van der Waals surface area contributed by atoms with Crippen molar-refractivity contribution in [3.63, 3.8) is 0 Å². The van der Waals surface area contributed by atoms with Gasteiger partial charge in [-0.2, -0.15) is 0 Å². The van der Waals surface area contributed by atoms with Crippen molar-refractivity contribution >= 4 is 29.1 Å². The van der Waals surface area contributed by atoms with Gasteiger partial charge in [0, 0.05) is 30.7 Å². The van der Waals surface area contributed by atoms with Crippen molar-refractivity contribution in [1.82, 2.24) is 10.6 Å². The van der Waals surface area contributed by atoms with Crippen LogP contribution in [0.15, 0.2) is 48.7 Å². The van der Waals surface area contributed by atoms with Crippen LogP contribution in [0.1, 0.15) is 17.5 Å². The zero-order valence-electron chi connectivity index (χ0n) is 18.5. The van der Waals surface area contributed by atoms with E-state index in [1.165, 1.54) is 0 Å². The third-order valence-corrected chi connectivity index (χ3v) is 5.50. The second-order valence-corrected chi connectivity index (χ2v) is 8.26. The van der Waals surface area contributed by atoms with Gasteiger partial charge in [0.05, 0.1) is 12.2 Å². The molecule has 0 aliphatic carbocycles. The molecule has 32 heavy (non-hydrogen) atoms. The standard InChI is InChI=1S/C24H28ClN3O4/c1-15-5-8-21-20(11-15)28(4)13-22(32-21)24(30)27-17(3)9-10-26-23(29)14-31-18-6-7-19(25)16(2)12-18/h5-8,11-12,22H,3,9-10,13-14H2,1-2,4H3,(H,26,29)(H,27,30). The molecule has 0 fully saturated rings. The van der Waals surface area contributed by atoms with Crippen molar-refractivity contribution < 1.29 is 19.1 Å². The van der Waals surface area contributed by atoms with Crippen molar-refractivity contribution in [3.05, 3.63) is 64.8 Å². The fraction of sp³-hybridized carbons (Fsp3) is 0.333. The van der Waals surface area contributed by atoms with Gasteiger partial charge in [-0.05, 0) is 55.3 Å². The smallest absolute Gasteiger partial charge is 0.267 e. The second kappa shape index (κ2) is 10.4. The summed E-state index contributed by atoms with van der Waals surface area (Å²) >= 11 is 5.98. The van der Waals surface area contributed by atoms with Gasteiger partial charge < -0.3 is 25.0 Å². The molecule has 2 aromatic carbocycles. The van der Waals surface area contributed by atoms with Gasteiger partial charge in [-0.25, -0.2) is 0 Å². The normalized spacial score (nSPS) is 14.8. The van der Waals surface area contributed by atoms with E-state index in [4.69, 9.17) is 21.1 Å². The highest BCUT2D eigenvalue weighted by atomic mass is 35.5. The minimum absolute atomic E-state index is 0.110. The molecule has 2 amide bonds. The van der Waals surface area contributed by atoms with Crippen LogP contribution in [0, 0.1) is 13.8 Å². The maximum Gasteiger partial charge on any atom is 0.267 e. The molecule has 0 saturated heterocycles. The number of hydrogen-bond donors (Lipinski definition) is 2. The van der Waals surface area contributed by atoms with E-state index in [9.17, 15) is 9.59 Å². The van der Waals surface area contributed by atoms with E-state index in [2.05, 4.69) is 17.2 Å². The van der Waals surface area contributed by atoms with Gasteiger partial charge in [-0.3, -0.25) is 9.59 Å². The first-order valence-electron chi connectivity index (χ1n) is 10.4. The number of benzene rings is 2. The fourth-order valence-corrected chi connectivity index (χ4v) is 3.39. The molecular weight excluding hydrogens is 430 g/mol. The highest BCUT2D eigenvalue weighted by Gasteiger charge is 2.29. The first kappa shape index (κ1) is 23.5. The van der Waals surface area contributed by atoms with Crippen LogP contribution < -0.4 is 25.0 Å². The zero-order valence-corrected chi connectivity index (χ0v) is 19.3. The maximum atomic E-state index is 12.6. The molecule has 0 radical (unpaired) electrons. The summed E-state index contributed by atoms with van der Waals surface area (Å²) in [5.41, 5.74) is 3.48. The molecule has 3 rings (SSSR count). The second-order valence-electron chi connectivity index (χ2n) is 7.85. The van der Waals surface area contributed by atoms with Crippen LogP contribution in [0.3, 0.4) is 0 Å². The lowest BCUT2D eigenvalue weighted by Gasteiger charge is -2.33. The Morgan fingerprint density at radius 3 is 2.78 bits per heavy atom. The van der Waals surface area contributed by atoms with Crippen molar-refractivity contribution in [2.75, 3.05) is 31.6 Å². The average molecular weight is 458 g/mol. The molecular formula is C24H28ClN3O4. The number of nitrogens with one attached hydrogen (secondary N) is 2. The van der Waals surface area contributed by atoms with Crippen LogP contribution in [-0.4, -0.2) is 44.7 Å². The number of aryl methyl sites for hydroxylation is 2. The van der Waals surface area contributed by atoms with Crippen LogP contribution in [-0.2, 0) is 9.59 Å². The first-order chi connectivity index (χ1) is 15.2. The molecule has 1 unspecified atom stereocenters. The average Bonchev–Trinajstić information content (AvgIpc) is 2.75. The third kappa shape index (κ3) is 6.17. The van der Waals surface area contributed by atoms with E-state index in [-0.39, 0.29) is 18.4 Å². The number of hydrogen-bond acceptors (Lipinski definition) is 5. The number of anilines is 1. The molecule has 1 aliphatic heterocycles. The molecule has 2 aromatic rings. The topological polar surface area (TPSA) is 79.9 Å². The van der Waals surface area contributed by atoms with Gasteiger partial charge in [0.2, 0.25) is 0 Å². The lowest BCUT2D eigenvalue weighted by atomic mass is 10.1. The van der Waals surface area contributed by atoms with E-state index in [0.717, 1.165) is 16.8 Å². The molecule has 8 heteroatoms. The summed E-state index contributed by atoms with van der Waals surface area (Å²) in [4.78, 5) is 26.6. The van der Waals surface area contributed by atoms with Crippen molar-refractivity contribution in [2.24, 2.45) is 0 Å². The maximum absolute atomic E-state index is 12.6. The van der Waals surface area contributed by atoms with E-state index >= 15 is 0 Å². The lowest BCUT2D eigenvalue weighted by Crippen LogP contribution is -2.47. The Labute approximate surface area is 193 Å². The van der Waals surface area contributed by atoms with Crippen LogP contribution in [0.4, 0.5) is 5.69 Å². The Morgan fingerprint density at radius 2 is 2.03 bits per heavy atom. The Balaban J connectivity index is 1.39. The molecule has 0 aromatic heterocycles. The number of rotatable bonds is 8. The number of carbonyl (C=O) groups is 2. The SMILES string of the molecule is C=C(CCNC(=O)COc1ccc(Cl)c(C)c1)NC(=O)C1CN(C)c2cc(C)ccc2O1. The summed E-state index contributed by atoms with van der Waals surface area (Å²) in [6.45, 7) is 8.41. The van der Waals surface area contributed by atoms with Crippen molar-refractivity contribution in [2.45, 2.75) is 26.4 Å². The minimum atomic E-state index is -0.641. The molecule has 0 spiro atoms. The highest BCUT2D eigenvalue weighted by Crippen LogP contribution is 2.33. The molecule has 170 valence electrons. The van der Waals surface area contributed by atoms with Gasteiger partial charge >= 0.3 is 0 Å². The Morgan fingerprint density at radius 1 is 1.25 bits per heavy atom. The zero-order chi connectivity index (χ0) is 23.3. The van der Waals surface area contributed by atoms with Gasteiger partial charge in [-0.1, -0.05) is 24.2 Å². The summed E-state index contributed by atoms with van der Waals surface area (Å²) in [5, 5.41) is 6.17. The molecule has 1 heterocycles. The van der Waals surface area contributed by atoms with E-state index in [0.29, 0.717) is 41.7 Å². The molecule has 1 aliphatic rings. The van der Waals surface area contributed by atoms with Gasteiger partial charge in [0.1, 0.15) is 11.5 Å². The first-order valence-corrected chi connectivity index (χ1v) is 10.7. The largest absolute Gasteiger partial charge is 0.484 e. The third-order valence-electron chi connectivity index (χ3n) is 5.08. The van der Waals surface area contributed by atoms with E-state index in [1.54, 1.807) is 18.2 Å². The fourth-order valence-electron chi connectivity index (χ4n) is 3.28. The summed E-state index contributed by atoms with van der Waals surface area (Å²) in [6.07, 6.45) is -0.242. The Bertz CT molecular complexity index is 1020. The predicted octanol–water partition coefficient (Wildman–Crippen LogP) is 3.37. The molecule has 7 nitrogen and oxygen atoms in total. The van der Waals surface area contributed by atoms with Crippen LogP contribution in [0.5, 0.6) is 11.5 Å². The highest BCUT2D eigenvalue weighted by molar-refractivity contribution is 6.31. The molecule has 1 atom stereocenters. The van der Waals surface area contributed by atoms with Crippen LogP contribution in [0.25, 0.3) is 0 Å². The van der Waals surface area contributed by atoms with E-state index < -0.39 is 6.10 Å².